The molecule has 8 N–H and O–H groups in total. The summed E-state index contributed by atoms with van der Waals surface area (Å²) in [6, 6.07) is 48.1. The highest BCUT2D eigenvalue weighted by Crippen LogP contribution is 2.40. The van der Waals surface area contributed by atoms with Crippen LogP contribution in [-0.2, 0) is 0 Å². The second kappa shape index (κ2) is 20.3. The van der Waals surface area contributed by atoms with Crippen molar-refractivity contribution in [3.8, 4) is 34.4 Å². The molecule has 0 spiro atoms. The number of aromatic nitrogens is 7. The predicted molar refractivity (Wildman–Crippen MR) is 269 cm³/mol. The zero-order valence-corrected chi connectivity index (χ0v) is 38.0. The van der Waals surface area contributed by atoms with Crippen LogP contribution in [0.5, 0.6) is 0 Å². The molecule has 0 aliphatic carbocycles. The summed E-state index contributed by atoms with van der Waals surface area (Å²) in [4.78, 5) is 14.3. The number of hydrogen-bond donors (Lipinski definition) is 5. The number of halogens is 3. The fraction of sp³-hybridized carbons (Fsp3) is 0. The van der Waals surface area contributed by atoms with Crippen LogP contribution in [0.1, 0.15) is 5.56 Å². The van der Waals surface area contributed by atoms with E-state index in [4.69, 9.17) is 77.2 Å². The lowest BCUT2D eigenvalue weighted by Gasteiger charge is -2.13. The van der Waals surface area contributed by atoms with Crippen molar-refractivity contribution in [2.75, 3.05) is 16.8 Å². The molecular formula is C48H35Cl3N18. The van der Waals surface area contributed by atoms with E-state index < -0.39 is 0 Å². The van der Waals surface area contributed by atoms with E-state index in [1.54, 1.807) is 97.1 Å². The molecule has 0 amide bonds. The highest BCUT2D eigenvalue weighted by molar-refractivity contribution is 6.33. The van der Waals surface area contributed by atoms with Crippen LogP contribution >= 0.6 is 34.8 Å². The molecule has 0 aliphatic rings. The Morgan fingerprint density at radius 1 is 0.493 bits per heavy atom. The largest absolute Gasteiger partial charge is 0.383 e. The average Bonchev–Trinajstić information content (AvgIpc) is 3.89. The number of rotatable bonds is 14. The molecule has 0 saturated carbocycles. The number of nitrogens with one attached hydrogen (secondary N) is 2. The van der Waals surface area contributed by atoms with E-state index >= 15 is 0 Å². The monoisotopic (exact) mass is 968 g/mol. The average molecular weight is 970 g/mol. The van der Waals surface area contributed by atoms with Gasteiger partial charge in [0.2, 0.25) is 5.95 Å². The molecule has 0 fully saturated rings. The zero-order chi connectivity index (χ0) is 47.9. The van der Waals surface area contributed by atoms with E-state index in [0.29, 0.717) is 60.2 Å². The molecule has 6 aromatic carbocycles. The number of nitrogens with zero attached hydrogens (tertiary/aromatic N) is 13. The van der Waals surface area contributed by atoms with Crippen LogP contribution in [0.4, 0.5) is 46.0 Å². The molecule has 0 unspecified atom stereocenters. The van der Waals surface area contributed by atoms with Gasteiger partial charge in [0.25, 0.3) is 11.9 Å². The van der Waals surface area contributed by atoms with Gasteiger partial charge in [-0.15, -0.1) is 30.7 Å². The minimum Gasteiger partial charge on any atom is -0.383 e. The molecule has 3 aromatic heterocycles. The molecule has 338 valence electrons. The minimum atomic E-state index is -0.178. The van der Waals surface area contributed by atoms with Gasteiger partial charge in [0.05, 0.1) is 20.8 Å². The summed E-state index contributed by atoms with van der Waals surface area (Å²) in [5.41, 5.74) is 24.5. The molecule has 9 rings (SSSR count). The third-order valence-corrected chi connectivity index (χ3v) is 11.0. The summed E-state index contributed by atoms with van der Waals surface area (Å²) >= 11 is 19.4. The molecule has 3 heterocycles. The van der Waals surface area contributed by atoms with Crippen molar-refractivity contribution in [1.82, 2.24) is 34.5 Å². The third kappa shape index (κ3) is 9.93. The first-order valence-corrected chi connectivity index (χ1v) is 21.8. The molecule has 9 aromatic rings. The molecule has 0 saturated heterocycles. The van der Waals surface area contributed by atoms with Crippen LogP contribution in [0.3, 0.4) is 0 Å². The molecule has 0 bridgehead atoms. The topological polar surface area (TPSA) is 262 Å². The Morgan fingerprint density at radius 2 is 0.884 bits per heavy atom. The smallest absolute Gasteiger partial charge is 0.259 e. The van der Waals surface area contributed by atoms with E-state index in [2.05, 4.69) is 36.0 Å². The van der Waals surface area contributed by atoms with Gasteiger partial charge in [-0.3, -0.25) is 5.41 Å². The SMILES string of the molecule is N=C(/C(N=Nc1ccccc1Cl)=C(/N)Nc1nc(-n2nc(-c3ccccc3)c(N=Nc3ccccc3Cl)c2N)nc(-n2nc(-c3ccccc3)c(N=Nc3ccccc3Cl)c2N)n1)c1ccccc1. The summed E-state index contributed by atoms with van der Waals surface area (Å²) in [5.74, 6) is -0.658. The molecule has 18 nitrogen and oxygen atoms in total. The quantitative estimate of drug-likeness (QED) is 0.0512. The molecule has 69 heavy (non-hydrogen) atoms. The van der Waals surface area contributed by atoms with Crippen molar-refractivity contribution < 1.29 is 0 Å². The van der Waals surface area contributed by atoms with Crippen molar-refractivity contribution >= 4 is 86.5 Å². The van der Waals surface area contributed by atoms with Gasteiger partial charge in [0.15, 0.2) is 28.7 Å². The Bertz CT molecular complexity index is 3300. The number of benzene rings is 6. The Hall–Kier alpha value is -8.97. The lowest BCUT2D eigenvalue weighted by atomic mass is 10.1. The number of allylic oxidation sites excluding steroid dienone is 1. The maximum absolute atomic E-state index is 9.22. The maximum atomic E-state index is 9.22. The first-order chi connectivity index (χ1) is 33.6. The van der Waals surface area contributed by atoms with Gasteiger partial charge in [-0.25, -0.2) is 0 Å². The van der Waals surface area contributed by atoms with Crippen molar-refractivity contribution in [3.63, 3.8) is 0 Å². The second-order valence-corrected chi connectivity index (χ2v) is 15.8. The number of nitrogens with two attached hydrogens (primary N) is 3. The standard InChI is InChI=1S/C48H35Cl3N18/c49-31-22-10-13-25-34(31)60-63-40(37(52)28-16-4-1-5-17-28)43(53)56-46-57-47(68-44(54)41(38(66-68)29-18-6-2-7-19-29)64-61-35-26-14-11-23-32(35)50)59-48(58-46)69-45(55)42(39(67-69)30-20-8-3-9-21-30)65-62-36-27-15-12-24-33(36)51/h1-27,52H,53-55H2,(H,56,57,58,59)/b43-40+,52-37?,63-60?,64-61?,65-62?. The molecule has 21 heteroatoms. The predicted octanol–water partition coefficient (Wildman–Crippen LogP) is 12.9. The van der Waals surface area contributed by atoms with Gasteiger partial charge in [0.1, 0.15) is 34.3 Å². The molecular weight excluding hydrogens is 935 g/mol. The zero-order valence-electron chi connectivity index (χ0n) is 35.8. The first-order valence-electron chi connectivity index (χ1n) is 20.7. The van der Waals surface area contributed by atoms with Gasteiger partial charge < -0.3 is 22.5 Å². The lowest BCUT2D eigenvalue weighted by molar-refractivity contribution is 0.757. The van der Waals surface area contributed by atoms with Crippen molar-refractivity contribution in [2.24, 2.45) is 36.4 Å². The number of anilines is 3. The number of nitrogen functional groups attached to an aromatic ring is 2. The Morgan fingerprint density at radius 3 is 1.32 bits per heavy atom. The number of azo groups is 3. The van der Waals surface area contributed by atoms with Gasteiger partial charge in [0, 0.05) is 16.7 Å². The Kier molecular flexibility index (Phi) is 13.3. The summed E-state index contributed by atoms with van der Waals surface area (Å²) in [5, 5.41) is 49.7. The highest BCUT2D eigenvalue weighted by atomic mass is 35.5. The van der Waals surface area contributed by atoms with Crippen LogP contribution in [0.25, 0.3) is 34.4 Å². The van der Waals surface area contributed by atoms with Crippen LogP contribution in [0, 0.1) is 5.41 Å². The third-order valence-electron chi connectivity index (χ3n) is 10.0. The Balaban J connectivity index is 1.25. The van der Waals surface area contributed by atoms with Gasteiger partial charge in [-0.05, 0) is 36.4 Å². The van der Waals surface area contributed by atoms with Gasteiger partial charge >= 0.3 is 0 Å². The Labute approximate surface area is 408 Å². The van der Waals surface area contributed by atoms with Gasteiger partial charge in [-0.2, -0.15) is 34.5 Å². The normalized spacial score (nSPS) is 12.0. The van der Waals surface area contributed by atoms with E-state index in [1.807, 2.05) is 66.7 Å². The first kappa shape index (κ1) is 45.2. The highest BCUT2D eigenvalue weighted by Gasteiger charge is 2.26. The second-order valence-electron chi connectivity index (χ2n) is 14.6. The van der Waals surface area contributed by atoms with Crippen molar-refractivity contribution in [2.45, 2.75) is 0 Å². The van der Waals surface area contributed by atoms with Crippen LogP contribution in [0.15, 0.2) is 206 Å². The fourth-order valence-corrected chi connectivity index (χ4v) is 7.12. The van der Waals surface area contributed by atoms with E-state index in [9.17, 15) is 5.41 Å². The summed E-state index contributed by atoms with van der Waals surface area (Å²) in [6.45, 7) is 0. The van der Waals surface area contributed by atoms with E-state index in [0.717, 1.165) is 0 Å². The fourth-order valence-electron chi connectivity index (χ4n) is 6.60. The molecule has 0 atom stereocenters. The van der Waals surface area contributed by atoms with Crippen LogP contribution in [-0.4, -0.2) is 40.2 Å². The van der Waals surface area contributed by atoms with Crippen LogP contribution < -0.4 is 22.5 Å². The van der Waals surface area contributed by atoms with Crippen molar-refractivity contribution in [1.29, 1.82) is 5.41 Å². The minimum absolute atomic E-state index is 0.0102. The maximum Gasteiger partial charge on any atom is 0.259 e. The van der Waals surface area contributed by atoms with E-state index in [1.165, 1.54) is 9.36 Å². The summed E-state index contributed by atoms with van der Waals surface area (Å²) < 4.78 is 2.53. The number of hydrogen-bond acceptors (Lipinski definition) is 16. The van der Waals surface area contributed by atoms with E-state index in [-0.39, 0.29) is 58.1 Å². The van der Waals surface area contributed by atoms with Crippen molar-refractivity contribution in [3.05, 3.63) is 196 Å². The van der Waals surface area contributed by atoms with Gasteiger partial charge in [-0.1, -0.05) is 162 Å². The van der Waals surface area contributed by atoms with Crippen LogP contribution in [0.2, 0.25) is 15.1 Å². The summed E-state index contributed by atoms with van der Waals surface area (Å²) in [6.07, 6.45) is 0. The molecule has 0 aliphatic heterocycles. The summed E-state index contributed by atoms with van der Waals surface area (Å²) in [7, 11) is 0. The molecule has 0 radical (unpaired) electrons. The lowest BCUT2D eigenvalue weighted by Crippen LogP contribution is -2.20.